The number of rotatable bonds is 15. The lowest BCUT2D eigenvalue weighted by molar-refractivity contribution is 0.0335. The Hall–Kier alpha value is -2.48. The molecule has 3 aromatic carbocycles. The van der Waals surface area contributed by atoms with Crippen LogP contribution in [0.3, 0.4) is 0 Å². The number of hydrogen-bond donors (Lipinski definition) is 0. The van der Waals surface area contributed by atoms with Gasteiger partial charge in [0.15, 0.2) is 0 Å². The van der Waals surface area contributed by atoms with Crippen molar-refractivity contribution in [2.45, 2.75) is 52.4 Å². The first-order valence-corrected chi connectivity index (χ1v) is 14.2. The molecule has 0 radical (unpaired) electrons. The first kappa shape index (κ1) is 27.1. The molecule has 4 heteroatoms. The number of esters is 1. The first-order valence-electron chi connectivity index (χ1n) is 13.0. The van der Waals surface area contributed by atoms with Crippen LogP contribution in [0, 0.1) is 11.8 Å². The van der Waals surface area contributed by atoms with E-state index in [1.54, 1.807) is 0 Å². The summed E-state index contributed by atoms with van der Waals surface area (Å²) in [6.07, 6.45) is 6.68. The fraction of sp³-hybridized carbons (Fsp3) is 0.387. The van der Waals surface area contributed by atoms with Crippen molar-refractivity contribution in [3.8, 4) is 0 Å². The molecule has 0 bridgehead atoms. The number of ether oxygens (including phenoxy) is 1. The van der Waals surface area contributed by atoms with E-state index in [9.17, 15) is 4.79 Å². The third-order valence-electron chi connectivity index (χ3n) is 6.36. The number of benzene rings is 3. The minimum Gasteiger partial charge on any atom is -0.462 e. The van der Waals surface area contributed by atoms with Crippen molar-refractivity contribution in [2.24, 2.45) is 11.8 Å². The Morgan fingerprint density at radius 2 is 1.14 bits per heavy atom. The average molecular weight is 491 g/mol. The van der Waals surface area contributed by atoms with E-state index in [1.807, 2.05) is 42.5 Å². The molecule has 2 unspecified atom stereocenters. The van der Waals surface area contributed by atoms with Gasteiger partial charge in [0, 0.05) is 10.6 Å². The second-order valence-electron chi connectivity index (χ2n) is 9.03. The molecule has 0 fully saturated rings. The molecule has 3 aromatic rings. The molecule has 0 N–H and O–H groups in total. The Labute approximate surface area is 212 Å². The summed E-state index contributed by atoms with van der Waals surface area (Å²) in [6, 6.07) is 30.4. The van der Waals surface area contributed by atoms with Crippen molar-refractivity contribution in [3.63, 3.8) is 0 Å². The van der Waals surface area contributed by atoms with Gasteiger partial charge in [-0.1, -0.05) is 118 Å². The molecule has 186 valence electrons. The van der Waals surface area contributed by atoms with Crippen LogP contribution in [0.25, 0.3) is 0 Å². The monoisotopic (exact) mass is 490 g/mol. The minimum absolute atomic E-state index is 0.238. The molecule has 3 nitrogen and oxygen atoms in total. The summed E-state index contributed by atoms with van der Waals surface area (Å²) in [4.78, 5) is 12.6. The molecule has 0 saturated heterocycles. The van der Waals surface area contributed by atoms with Gasteiger partial charge in [0.05, 0.1) is 26.9 Å². The van der Waals surface area contributed by atoms with E-state index in [0.29, 0.717) is 24.7 Å². The molecule has 0 heterocycles. The van der Waals surface area contributed by atoms with E-state index in [0.717, 1.165) is 38.5 Å². The predicted octanol–water partition coefficient (Wildman–Crippen LogP) is 7.52. The van der Waals surface area contributed by atoms with E-state index in [1.165, 1.54) is 10.6 Å². The van der Waals surface area contributed by atoms with E-state index in [4.69, 9.17) is 9.26 Å². The average Bonchev–Trinajstić information content (AvgIpc) is 2.92. The normalized spacial score (nSPS) is 12.9. The van der Waals surface area contributed by atoms with Gasteiger partial charge in [-0.15, -0.1) is 0 Å². The SMILES string of the molecule is CCCCC(COC(=O)c1ccccc1)C(CCCC)COP(c1ccccc1)c1ccccc1. The standard InChI is InChI=1S/C31H39O3P/c1-3-5-16-27(24-33-31(32)26-18-10-7-11-19-26)28(17-6-4-2)25-34-35(29-20-12-8-13-21-29)30-22-14-9-15-23-30/h7-15,18-23,27-28H,3-6,16-17,24-25H2,1-2H3. The highest BCUT2D eigenvalue weighted by Gasteiger charge is 2.25. The highest BCUT2D eigenvalue weighted by Crippen LogP contribution is 2.37. The van der Waals surface area contributed by atoms with Gasteiger partial charge in [-0.3, -0.25) is 0 Å². The fourth-order valence-electron chi connectivity index (χ4n) is 4.28. The maximum atomic E-state index is 12.6. The molecule has 0 aromatic heterocycles. The van der Waals surface area contributed by atoms with Crippen molar-refractivity contribution in [1.29, 1.82) is 0 Å². The van der Waals surface area contributed by atoms with Crippen LogP contribution in [-0.2, 0) is 9.26 Å². The minimum atomic E-state index is -0.902. The van der Waals surface area contributed by atoms with Gasteiger partial charge in [0.1, 0.15) is 0 Å². The number of carbonyl (C=O) groups is 1. The Kier molecular flexibility index (Phi) is 12.0. The Bertz CT molecular complexity index is 923. The van der Waals surface area contributed by atoms with Crippen molar-refractivity contribution in [3.05, 3.63) is 96.6 Å². The smallest absolute Gasteiger partial charge is 0.338 e. The van der Waals surface area contributed by atoms with Crippen LogP contribution in [0.4, 0.5) is 0 Å². The topological polar surface area (TPSA) is 35.5 Å². The van der Waals surface area contributed by atoms with E-state index in [2.05, 4.69) is 62.4 Å². The van der Waals surface area contributed by atoms with Crippen LogP contribution in [0.15, 0.2) is 91.0 Å². The van der Waals surface area contributed by atoms with Gasteiger partial charge in [-0.05, 0) is 36.8 Å². The first-order chi connectivity index (χ1) is 17.2. The zero-order valence-electron chi connectivity index (χ0n) is 21.1. The molecule has 0 amide bonds. The lowest BCUT2D eigenvalue weighted by Gasteiger charge is -2.29. The fourth-order valence-corrected chi connectivity index (χ4v) is 6.10. The molecule has 3 rings (SSSR count). The zero-order valence-corrected chi connectivity index (χ0v) is 22.0. The second kappa shape index (κ2) is 15.5. The summed E-state index contributed by atoms with van der Waals surface area (Å²) >= 11 is 0. The number of unbranched alkanes of at least 4 members (excludes halogenated alkanes) is 2. The van der Waals surface area contributed by atoms with Crippen LogP contribution in [-0.4, -0.2) is 19.2 Å². The maximum absolute atomic E-state index is 12.6. The zero-order chi connectivity index (χ0) is 24.7. The largest absolute Gasteiger partial charge is 0.462 e. The van der Waals surface area contributed by atoms with E-state index >= 15 is 0 Å². The Morgan fingerprint density at radius 3 is 1.63 bits per heavy atom. The summed E-state index contributed by atoms with van der Waals surface area (Å²) in [5.74, 6) is 0.401. The Morgan fingerprint density at radius 1 is 0.686 bits per heavy atom. The van der Waals surface area contributed by atoms with Crippen molar-refractivity contribution in [1.82, 2.24) is 0 Å². The van der Waals surface area contributed by atoms with Crippen LogP contribution in [0.2, 0.25) is 0 Å². The van der Waals surface area contributed by atoms with Crippen LogP contribution in [0.5, 0.6) is 0 Å². The van der Waals surface area contributed by atoms with Crippen LogP contribution >= 0.6 is 8.15 Å². The highest BCUT2D eigenvalue weighted by atomic mass is 31.1. The van der Waals surface area contributed by atoms with Crippen LogP contribution < -0.4 is 10.6 Å². The summed E-state index contributed by atoms with van der Waals surface area (Å²) in [5, 5.41) is 2.45. The lowest BCUT2D eigenvalue weighted by atomic mass is 9.85. The summed E-state index contributed by atoms with van der Waals surface area (Å²) < 4.78 is 12.6. The van der Waals surface area contributed by atoms with Crippen molar-refractivity contribution in [2.75, 3.05) is 13.2 Å². The third-order valence-corrected chi connectivity index (χ3v) is 8.30. The summed E-state index contributed by atoms with van der Waals surface area (Å²) in [7, 11) is -0.902. The number of carbonyl (C=O) groups excluding carboxylic acids is 1. The predicted molar refractivity (Wildman–Crippen MR) is 148 cm³/mol. The van der Waals surface area contributed by atoms with Gasteiger partial charge in [0.2, 0.25) is 0 Å². The van der Waals surface area contributed by atoms with Gasteiger partial charge in [-0.25, -0.2) is 4.79 Å². The summed E-state index contributed by atoms with van der Waals surface area (Å²) in [5.41, 5.74) is 0.611. The third kappa shape index (κ3) is 8.91. The molecular weight excluding hydrogens is 451 g/mol. The Balaban J connectivity index is 1.74. The maximum Gasteiger partial charge on any atom is 0.338 e. The molecule has 0 saturated carbocycles. The van der Waals surface area contributed by atoms with Crippen molar-refractivity contribution >= 4 is 24.7 Å². The van der Waals surface area contributed by atoms with Crippen LogP contribution in [0.1, 0.15) is 62.7 Å². The second-order valence-corrected chi connectivity index (χ2v) is 10.9. The highest BCUT2D eigenvalue weighted by molar-refractivity contribution is 7.68. The van der Waals surface area contributed by atoms with Gasteiger partial charge >= 0.3 is 5.97 Å². The summed E-state index contributed by atoms with van der Waals surface area (Å²) in [6.45, 7) is 5.57. The molecule has 0 aliphatic carbocycles. The number of hydrogen-bond acceptors (Lipinski definition) is 3. The lowest BCUT2D eigenvalue weighted by Crippen LogP contribution is -2.27. The molecule has 2 atom stereocenters. The molecular formula is C31H39O3P. The van der Waals surface area contributed by atoms with E-state index < -0.39 is 8.15 Å². The van der Waals surface area contributed by atoms with E-state index in [-0.39, 0.29) is 11.9 Å². The molecule has 0 aliphatic rings. The van der Waals surface area contributed by atoms with Gasteiger partial charge in [-0.2, -0.15) is 0 Å². The molecule has 35 heavy (non-hydrogen) atoms. The quantitative estimate of drug-likeness (QED) is 0.163. The van der Waals surface area contributed by atoms with Crippen molar-refractivity contribution < 1.29 is 14.1 Å². The van der Waals surface area contributed by atoms with Gasteiger partial charge in [0.25, 0.3) is 0 Å². The molecule has 0 spiro atoms. The molecule has 0 aliphatic heterocycles. The van der Waals surface area contributed by atoms with Gasteiger partial charge < -0.3 is 9.26 Å².